The quantitative estimate of drug-likeness (QED) is 0.845. The Morgan fingerprint density at radius 1 is 1.21 bits per heavy atom. The molecule has 1 aliphatic heterocycles. The zero-order chi connectivity index (χ0) is 13.5. The lowest BCUT2D eigenvalue weighted by atomic mass is 9.81. The summed E-state index contributed by atoms with van der Waals surface area (Å²) in [5, 5.41) is 3.78. The largest absolute Gasteiger partial charge is 0.381 e. The van der Waals surface area contributed by atoms with Gasteiger partial charge >= 0.3 is 0 Å². The third kappa shape index (κ3) is 4.05. The van der Waals surface area contributed by atoms with E-state index in [1.807, 2.05) is 0 Å². The number of hydrogen-bond acceptors (Lipinski definition) is 2. The Morgan fingerprint density at radius 2 is 1.89 bits per heavy atom. The van der Waals surface area contributed by atoms with E-state index in [2.05, 4.69) is 49.5 Å². The third-order valence-corrected chi connectivity index (χ3v) is 4.27. The molecule has 0 bridgehead atoms. The van der Waals surface area contributed by atoms with E-state index in [0.717, 1.165) is 25.7 Å². The molecule has 2 heteroatoms. The molecule has 0 spiro atoms. The molecule has 2 rings (SSSR count). The average molecular weight is 261 g/mol. The first-order chi connectivity index (χ1) is 9.33. The molecule has 19 heavy (non-hydrogen) atoms. The molecular formula is C17H27NO. The summed E-state index contributed by atoms with van der Waals surface area (Å²) in [4.78, 5) is 0. The van der Waals surface area contributed by atoms with Crippen LogP contribution in [0.25, 0.3) is 0 Å². The van der Waals surface area contributed by atoms with Crippen LogP contribution in [-0.4, -0.2) is 25.8 Å². The Bertz CT molecular complexity index is 346. The van der Waals surface area contributed by atoms with E-state index >= 15 is 0 Å². The van der Waals surface area contributed by atoms with Gasteiger partial charge in [-0.05, 0) is 43.2 Å². The van der Waals surface area contributed by atoms with E-state index < -0.39 is 0 Å². The van der Waals surface area contributed by atoms with Gasteiger partial charge in [-0.3, -0.25) is 0 Å². The highest BCUT2D eigenvalue weighted by atomic mass is 16.5. The van der Waals surface area contributed by atoms with Crippen molar-refractivity contribution in [3.05, 3.63) is 35.9 Å². The molecule has 0 radical (unpaired) electrons. The number of benzene rings is 1. The minimum absolute atomic E-state index is 0.566. The van der Waals surface area contributed by atoms with E-state index in [1.165, 1.54) is 24.8 Å². The normalized spacial score (nSPS) is 20.1. The van der Waals surface area contributed by atoms with Gasteiger partial charge in [0.15, 0.2) is 0 Å². The number of hydrogen-bond donors (Lipinski definition) is 1. The first-order valence-electron chi connectivity index (χ1n) is 7.69. The Labute approximate surface area is 117 Å². The van der Waals surface area contributed by atoms with Crippen LogP contribution in [0, 0.1) is 5.92 Å². The zero-order valence-electron chi connectivity index (χ0n) is 12.3. The molecule has 1 aromatic carbocycles. The molecule has 0 amide bonds. The molecule has 1 N–H and O–H groups in total. The summed E-state index contributed by atoms with van der Waals surface area (Å²) in [5.41, 5.74) is 1.45. The lowest BCUT2D eigenvalue weighted by Gasteiger charge is -2.35. The Kier molecular flexibility index (Phi) is 5.87. The molecular weight excluding hydrogens is 234 g/mol. The van der Waals surface area contributed by atoms with Gasteiger partial charge in [0.1, 0.15) is 0 Å². The van der Waals surface area contributed by atoms with Crippen LogP contribution in [-0.2, 0) is 4.74 Å². The van der Waals surface area contributed by atoms with Gasteiger partial charge < -0.3 is 10.1 Å². The van der Waals surface area contributed by atoms with Crippen molar-refractivity contribution >= 4 is 0 Å². The third-order valence-electron chi connectivity index (χ3n) is 4.27. The van der Waals surface area contributed by atoms with E-state index in [4.69, 9.17) is 4.74 Å². The number of nitrogens with one attached hydrogen (secondary N) is 1. The van der Waals surface area contributed by atoms with E-state index in [1.54, 1.807) is 0 Å². The maximum Gasteiger partial charge on any atom is 0.0469 e. The minimum atomic E-state index is 0.566. The van der Waals surface area contributed by atoms with Crippen molar-refractivity contribution in [2.75, 3.05) is 19.8 Å². The number of rotatable bonds is 6. The van der Waals surface area contributed by atoms with Crippen LogP contribution in [0.5, 0.6) is 0 Å². The van der Waals surface area contributed by atoms with E-state index in [9.17, 15) is 0 Å². The summed E-state index contributed by atoms with van der Waals surface area (Å²) in [6.45, 7) is 7.56. The predicted molar refractivity (Wildman–Crippen MR) is 80.5 cm³/mol. The SMILES string of the molecule is CCCNC(C1CCOCC1)C(C)c1ccccc1. The summed E-state index contributed by atoms with van der Waals surface area (Å²) >= 11 is 0. The molecule has 2 atom stereocenters. The first kappa shape index (κ1) is 14.5. The second kappa shape index (κ2) is 7.66. The van der Waals surface area contributed by atoms with Crippen molar-refractivity contribution in [2.24, 2.45) is 5.92 Å². The molecule has 1 aliphatic rings. The fraction of sp³-hybridized carbons (Fsp3) is 0.647. The highest BCUT2D eigenvalue weighted by Crippen LogP contribution is 2.29. The van der Waals surface area contributed by atoms with Gasteiger partial charge in [0.25, 0.3) is 0 Å². The van der Waals surface area contributed by atoms with E-state index in [0.29, 0.717) is 12.0 Å². The summed E-state index contributed by atoms with van der Waals surface area (Å²) in [7, 11) is 0. The second-order valence-electron chi connectivity index (χ2n) is 5.63. The fourth-order valence-electron chi connectivity index (χ4n) is 3.10. The van der Waals surface area contributed by atoms with Crippen LogP contribution in [0.3, 0.4) is 0 Å². The Balaban J connectivity index is 2.07. The lowest BCUT2D eigenvalue weighted by Crippen LogP contribution is -2.43. The van der Waals surface area contributed by atoms with Crippen molar-refractivity contribution in [1.82, 2.24) is 5.32 Å². The van der Waals surface area contributed by atoms with Gasteiger partial charge in [-0.1, -0.05) is 44.2 Å². The summed E-state index contributed by atoms with van der Waals surface area (Å²) in [6.07, 6.45) is 3.58. The molecule has 0 aliphatic carbocycles. The summed E-state index contributed by atoms with van der Waals surface area (Å²) in [6, 6.07) is 11.5. The van der Waals surface area contributed by atoms with Crippen molar-refractivity contribution < 1.29 is 4.74 Å². The smallest absolute Gasteiger partial charge is 0.0469 e. The number of ether oxygens (including phenoxy) is 1. The van der Waals surface area contributed by atoms with Crippen molar-refractivity contribution in [3.8, 4) is 0 Å². The molecule has 1 saturated heterocycles. The van der Waals surface area contributed by atoms with Gasteiger partial charge in [0.05, 0.1) is 0 Å². The molecule has 2 nitrogen and oxygen atoms in total. The fourth-order valence-corrected chi connectivity index (χ4v) is 3.10. The molecule has 106 valence electrons. The zero-order valence-corrected chi connectivity index (χ0v) is 12.3. The summed E-state index contributed by atoms with van der Waals surface area (Å²) < 4.78 is 5.51. The first-order valence-corrected chi connectivity index (χ1v) is 7.69. The van der Waals surface area contributed by atoms with Crippen LogP contribution in [0.4, 0.5) is 0 Å². The van der Waals surface area contributed by atoms with Crippen LogP contribution >= 0.6 is 0 Å². The van der Waals surface area contributed by atoms with Gasteiger partial charge in [0.2, 0.25) is 0 Å². The maximum atomic E-state index is 5.51. The van der Waals surface area contributed by atoms with Crippen molar-refractivity contribution in [2.45, 2.75) is 45.1 Å². The molecule has 0 saturated carbocycles. The molecule has 2 unspecified atom stereocenters. The van der Waals surface area contributed by atoms with E-state index in [-0.39, 0.29) is 0 Å². The van der Waals surface area contributed by atoms with Crippen molar-refractivity contribution in [3.63, 3.8) is 0 Å². The maximum absolute atomic E-state index is 5.51. The molecule has 1 heterocycles. The van der Waals surface area contributed by atoms with Crippen LogP contribution in [0.1, 0.15) is 44.6 Å². The van der Waals surface area contributed by atoms with Gasteiger partial charge in [-0.2, -0.15) is 0 Å². The average Bonchev–Trinajstić information content (AvgIpc) is 2.49. The second-order valence-corrected chi connectivity index (χ2v) is 5.63. The Hall–Kier alpha value is -0.860. The summed E-state index contributed by atoms with van der Waals surface area (Å²) in [5.74, 6) is 1.31. The van der Waals surface area contributed by atoms with Gasteiger partial charge in [-0.25, -0.2) is 0 Å². The van der Waals surface area contributed by atoms with Gasteiger partial charge in [-0.15, -0.1) is 0 Å². The molecule has 0 aromatic heterocycles. The van der Waals surface area contributed by atoms with Gasteiger partial charge in [0, 0.05) is 19.3 Å². The van der Waals surface area contributed by atoms with Crippen LogP contribution < -0.4 is 5.32 Å². The highest BCUT2D eigenvalue weighted by molar-refractivity contribution is 5.21. The monoisotopic (exact) mass is 261 g/mol. The minimum Gasteiger partial charge on any atom is -0.381 e. The Morgan fingerprint density at radius 3 is 2.53 bits per heavy atom. The molecule has 1 aromatic rings. The van der Waals surface area contributed by atoms with Crippen LogP contribution in [0.2, 0.25) is 0 Å². The molecule has 1 fully saturated rings. The van der Waals surface area contributed by atoms with Crippen LogP contribution in [0.15, 0.2) is 30.3 Å². The standard InChI is InChI=1S/C17H27NO/c1-3-11-18-17(16-9-12-19-13-10-16)14(2)15-7-5-4-6-8-15/h4-8,14,16-18H,3,9-13H2,1-2H3. The predicted octanol–water partition coefficient (Wildman–Crippen LogP) is 3.58. The highest BCUT2D eigenvalue weighted by Gasteiger charge is 2.28. The lowest BCUT2D eigenvalue weighted by molar-refractivity contribution is 0.0506. The topological polar surface area (TPSA) is 21.3 Å². The van der Waals surface area contributed by atoms with Crippen molar-refractivity contribution in [1.29, 1.82) is 0 Å².